The minimum absolute atomic E-state index is 0.00964. The Kier molecular flexibility index (Phi) is 4.27. The second-order valence-electron chi connectivity index (χ2n) is 7.25. The molecule has 0 bridgehead atoms. The fourth-order valence-corrected chi connectivity index (χ4v) is 3.52. The van der Waals surface area contributed by atoms with Gasteiger partial charge in [0.05, 0.1) is 11.3 Å². The van der Waals surface area contributed by atoms with Gasteiger partial charge in [0.2, 0.25) is 0 Å². The molecular formula is C21H23NO2. The Hall–Kier alpha value is -2.42. The van der Waals surface area contributed by atoms with Crippen molar-refractivity contribution in [3.05, 3.63) is 59.4 Å². The van der Waals surface area contributed by atoms with E-state index in [0.29, 0.717) is 30.5 Å². The lowest BCUT2D eigenvalue weighted by Crippen LogP contribution is -2.30. The summed E-state index contributed by atoms with van der Waals surface area (Å²) in [7, 11) is 1.69. The van der Waals surface area contributed by atoms with Crippen LogP contribution >= 0.6 is 0 Å². The number of ketones is 1. The highest BCUT2D eigenvalue weighted by Gasteiger charge is 2.34. The Bertz CT molecular complexity index is 854. The van der Waals surface area contributed by atoms with Crippen LogP contribution in [0.2, 0.25) is 0 Å². The summed E-state index contributed by atoms with van der Waals surface area (Å²) in [5.41, 5.74) is 2.02. The second-order valence-corrected chi connectivity index (χ2v) is 7.25. The van der Waals surface area contributed by atoms with Crippen molar-refractivity contribution in [1.82, 2.24) is 0 Å². The van der Waals surface area contributed by atoms with Crippen molar-refractivity contribution in [2.45, 2.75) is 33.1 Å². The molecule has 3 nitrogen and oxygen atoms in total. The van der Waals surface area contributed by atoms with Gasteiger partial charge in [0.25, 0.3) is 0 Å². The Labute approximate surface area is 142 Å². The zero-order chi connectivity index (χ0) is 17.3. The average molecular weight is 321 g/mol. The van der Waals surface area contributed by atoms with Crippen LogP contribution in [0, 0.1) is 5.41 Å². The molecule has 0 amide bonds. The van der Waals surface area contributed by atoms with E-state index in [1.54, 1.807) is 7.05 Å². The lowest BCUT2D eigenvalue weighted by atomic mass is 9.75. The van der Waals surface area contributed by atoms with Crippen LogP contribution in [0.15, 0.2) is 58.8 Å². The van der Waals surface area contributed by atoms with Gasteiger partial charge in [-0.3, -0.25) is 9.79 Å². The molecule has 0 radical (unpaired) electrons. The molecule has 1 aliphatic carbocycles. The number of allylic oxidation sites excluding steroid dienone is 2. The molecule has 0 unspecified atom stereocenters. The van der Waals surface area contributed by atoms with E-state index in [9.17, 15) is 9.90 Å². The number of nitrogens with zero attached hydrogens (tertiary/aromatic N) is 1. The summed E-state index contributed by atoms with van der Waals surface area (Å²) in [5.74, 6) is 0.168. The van der Waals surface area contributed by atoms with Crippen LogP contribution in [0.3, 0.4) is 0 Å². The Morgan fingerprint density at radius 2 is 1.83 bits per heavy atom. The molecule has 3 rings (SSSR count). The lowest BCUT2D eigenvalue weighted by Gasteiger charge is -2.30. The van der Waals surface area contributed by atoms with Crippen molar-refractivity contribution in [2.24, 2.45) is 10.4 Å². The van der Waals surface area contributed by atoms with E-state index in [1.807, 2.05) is 32.0 Å². The maximum atomic E-state index is 12.6. The van der Waals surface area contributed by atoms with Gasteiger partial charge in [-0.2, -0.15) is 0 Å². The smallest absolute Gasteiger partial charge is 0.168 e. The summed E-state index contributed by atoms with van der Waals surface area (Å²) in [6.07, 6.45) is 1.51. The number of fused-ring (bicyclic) bond motifs is 1. The summed E-state index contributed by atoms with van der Waals surface area (Å²) in [6.45, 7) is 4.01. The highest BCUT2D eigenvalue weighted by atomic mass is 16.3. The number of carbonyl (C=O) groups excluding carboxylic acids is 1. The van der Waals surface area contributed by atoms with Gasteiger partial charge in [-0.15, -0.1) is 0 Å². The van der Waals surface area contributed by atoms with E-state index >= 15 is 0 Å². The van der Waals surface area contributed by atoms with Crippen LogP contribution < -0.4 is 0 Å². The maximum Gasteiger partial charge on any atom is 0.168 e. The largest absolute Gasteiger partial charge is 0.511 e. The minimum Gasteiger partial charge on any atom is -0.511 e. The molecule has 0 heterocycles. The summed E-state index contributed by atoms with van der Waals surface area (Å²) in [4.78, 5) is 16.9. The van der Waals surface area contributed by atoms with Gasteiger partial charge in [0.15, 0.2) is 5.78 Å². The van der Waals surface area contributed by atoms with Crippen molar-refractivity contribution < 1.29 is 9.90 Å². The molecular weight excluding hydrogens is 298 g/mol. The third kappa shape index (κ3) is 3.12. The first-order valence-corrected chi connectivity index (χ1v) is 8.29. The van der Waals surface area contributed by atoms with E-state index < -0.39 is 0 Å². The predicted octanol–water partition coefficient (Wildman–Crippen LogP) is 4.65. The van der Waals surface area contributed by atoms with E-state index in [-0.39, 0.29) is 17.0 Å². The van der Waals surface area contributed by atoms with Crippen molar-refractivity contribution >= 4 is 22.3 Å². The summed E-state index contributed by atoms with van der Waals surface area (Å²) < 4.78 is 0. The molecule has 0 aliphatic heterocycles. The standard InChI is InChI=1S/C21H23NO2/c1-21(2)12-18(23)20(19(24)13-21)17(22-3)11-15-9-6-8-14-7-4-5-10-16(14)15/h4-10,23H,11-13H2,1-3H3. The van der Waals surface area contributed by atoms with Crippen LogP contribution in [0.1, 0.15) is 32.3 Å². The van der Waals surface area contributed by atoms with E-state index in [1.165, 1.54) is 5.39 Å². The molecule has 3 heteroatoms. The van der Waals surface area contributed by atoms with Gasteiger partial charge in [-0.1, -0.05) is 56.3 Å². The summed E-state index contributed by atoms with van der Waals surface area (Å²) in [5, 5.41) is 12.8. The number of hydrogen-bond donors (Lipinski definition) is 1. The first kappa shape index (κ1) is 16.4. The predicted molar refractivity (Wildman–Crippen MR) is 98.7 cm³/mol. The number of aliphatic imine (C=N–C) groups is 1. The Balaban J connectivity index is 2.00. The molecule has 0 atom stereocenters. The van der Waals surface area contributed by atoms with Crippen molar-refractivity contribution in [3.8, 4) is 0 Å². The molecule has 124 valence electrons. The number of aliphatic hydroxyl groups is 1. The molecule has 24 heavy (non-hydrogen) atoms. The van der Waals surface area contributed by atoms with Crippen molar-refractivity contribution in [1.29, 1.82) is 0 Å². The molecule has 0 aromatic heterocycles. The average Bonchev–Trinajstić information content (AvgIpc) is 2.52. The molecule has 0 fully saturated rings. The maximum absolute atomic E-state index is 12.6. The zero-order valence-corrected chi connectivity index (χ0v) is 14.5. The number of carbonyl (C=O) groups is 1. The molecule has 0 spiro atoms. The first-order valence-electron chi connectivity index (χ1n) is 8.29. The van der Waals surface area contributed by atoms with Crippen LogP contribution in [0.5, 0.6) is 0 Å². The van der Waals surface area contributed by atoms with Crippen LogP contribution in [-0.2, 0) is 11.2 Å². The molecule has 1 aliphatic rings. The van der Waals surface area contributed by atoms with Crippen LogP contribution in [-0.4, -0.2) is 23.6 Å². The number of benzene rings is 2. The van der Waals surface area contributed by atoms with Crippen LogP contribution in [0.25, 0.3) is 10.8 Å². The summed E-state index contributed by atoms with van der Waals surface area (Å²) >= 11 is 0. The van der Waals surface area contributed by atoms with Gasteiger partial charge in [0, 0.05) is 26.3 Å². The molecule has 0 saturated carbocycles. The monoisotopic (exact) mass is 321 g/mol. The van der Waals surface area contributed by atoms with Gasteiger partial charge >= 0.3 is 0 Å². The minimum atomic E-state index is -0.192. The van der Waals surface area contributed by atoms with E-state index in [2.05, 4.69) is 29.3 Å². The fourth-order valence-electron chi connectivity index (χ4n) is 3.52. The highest BCUT2D eigenvalue weighted by molar-refractivity contribution is 6.24. The molecule has 1 N–H and O–H groups in total. The summed E-state index contributed by atoms with van der Waals surface area (Å²) in [6, 6.07) is 14.3. The topological polar surface area (TPSA) is 49.7 Å². The normalized spacial score (nSPS) is 18.3. The van der Waals surface area contributed by atoms with Crippen LogP contribution in [0.4, 0.5) is 0 Å². The second kappa shape index (κ2) is 6.23. The fraction of sp³-hybridized carbons (Fsp3) is 0.333. The Morgan fingerprint density at radius 3 is 2.54 bits per heavy atom. The van der Waals surface area contributed by atoms with Crippen molar-refractivity contribution in [3.63, 3.8) is 0 Å². The SMILES string of the molecule is CN=C(Cc1cccc2ccccc12)C1=C(O)CC(C)(C)CC1=O. The van der Waals surface area contributed by atoms with Gasteiger partial charge in [0.1, 0.15) is 5.76 Å². The quantitative estimate of drug-likeness (QED) is 0.836. The highest BCUT2D eigenvalue weighted by Crippen LogP contribution is 2.36. The number of Topliss-reactive ketones (excluding diaryl/α,β-unsaturated/α-hetero) is 1. The lowest BCUT2D eigenvalue weighted by molar-refractivity contribution is -0.117. The van der Waals surface area contributed by atoms with E-state index in [0.717, 1.165) is 10.9 Å². The zero-order valence-electron chi connectivity index (χ0n) is 14.5. The first-order chi connectivity index (χ1) is 11.4. The van der Waals surface area contributed by atoms with Gasteiger partial charge in [-0.25, -0.2) is 0 Å². The van der Waals surface area contributed by atoms with Gasteiger partial charge < -0.3 is 5.11 Å². The van der Waals surface area contributed by atoms with Gasteiger partial charge in [-0.05, 0) is 21.8 Å². The Morgan fingerprint density at radius 1 is 1.12 bits per heavy atom. The number of aliphatic hydroxyl groups excluding tert-OH is 1. The molecule has 2 aromatic carbocycles. The third-order valence-corrected chi connectivity index (χ3v) is 4.65. The molecule has 2 aromatic rings. The van der Waals surface area contributed by atoms with Crippen molar-refractivity contribution in [2.75, 3.05) is 7.05 Å². The van der Waals surface area contributed by atoms with E-state index in [4.69, 9.17) is 0 Å². The third-order valence-electron chi connectivity index (χ3n) is 4.65. The number of hydrogen-bond acceptors (Lipinski definition) is 3. The number of rotatable bonds is 3. The molecule has 0 saturated heterocycles.